The van der Waals surface area contributed by atoms with E-state index in [9.17, 15) is 19.5 Å². The molecule has 0 bridgehead atoms. The summed E-state index contributed by atoms with van der Waals surface area (Å²) >= 11 is 6.24. The molecule has 8 heteroatoms. The minimum absolute atomic E-state index is 0.217. The molecule has 1 aromatic heterocycles. The van der Waals surface area contributed by atoms with Crippen molar-refractivity contribution in [1.29, 1.82) is 0 Å². The van der Waals surface area contributed by atoms with Crippen molar-refractivity contribution in [3.63, 3.8) is 0 Å². The molecule has 0 aliphatic rings. The van der Waals surface area contributed by atoms with Gasteiger partial charge in [0.15, 0.2) is 5.60 Å². The molecule has 7 nitrogen and oxygen atoms in total. The number of ether oxygens (including phenoxy) is 2. The standard InChI is InChI=1S/C26H34ClNO6/c1-18-16-28(17-19(18)2)23-13-21(27)12-11-20(23)9-7-5-6-8-10-22(29)14-26(32,25(31)34-4)15-24(30)33-3/h11-13,16-17,32H,5-10,14-15H2,1-4H3. The lowest BCUT2D eigenvalue weighted by Crippen LogP contribution is -2.43. The van der Waals surface area contributed by atoms with Crippen LogP contribution in [0.4, 0.5) is 0 Å². The van der Waals surface area contributed by atoms with Gasteiger partial charge in [-0.05, 0) is 61.9 Å². The van der Waals surface area contributed by atoms with Crippen LogP contribution < -0.4 is 0 Å². The lowest BCUT2D eigenvalue weighted by atomic mass is 9.91. The van der Waals surface area contributed by atoms with Crippen LogP contribution >= 0.6 is 11.6 Å². The second-order valence-electron chi connectivity index (χ2n) is 8.71. The van der Waals surface area contributed by atoms with Crippen molar-refractivity contribution >= 4 is 29.3 Å². The molecule has 1 heterocycles. The Kier molecular flexibility index (Phi) is 10.3. The van der Waals surface area contributed by atoms with Crippen LogP contribution in [0.3, 0.4) is 0 Å². The van der Waals surface area contributed by atoms with E-state index in [1.54, 1.807) is 0 Å². The van der Waals surface area contributed by atoms with E-state index >= 15 is 0 Å². The van der Waals surface area contributed by atoms with Crippen LogP contribution in [0.25, 0.3) is 5.69 Å². The molecule has 0 radical (unpaired) electrons. The summed E-state index contributed by atoms with van der Waals surface area (Å²) < 4.78 is 11.2. The lowest BCUT2D eigenvalue weighted by Gasteiger charge is -2.23. The summed E-state index contributed by atoms with van der Waals surface area (Å²) in [5.74, 6) is -2.10. The van der Waals surface area contributed by atoms with E-state index in [2.05, 4.69) is 46.3 Å². The molecule has 1 N–H and O–H groups in total. The topological polar surface area (TPSA) is 94.8 Å². The van der Waals surface area contributed by atoms with Gasteiger partial charge in [0.2, 0.25) is 0 Å². The van der Waals surface area contributed by atoms with Crippen LogP contribution in [0.15, 0.2) is 30.6 Å². The normalized spacial score (nSPS) is 12.8. The van der Waals surface area contributed by atoms with Crippen molar-refractivity contribution in [2.75, 3.05) is 14.2 Å². The van der Waals surface area contributed by atoms with Crippen LogP contribution in [0, 0.1) is 13.8 Å². The number of nitrogens with zero attached hydrogens (tertiary/aromatic N) is 1. The summed E-state index contributed by atoms with van der Waals surface area (Å²) in [6, 6.07) is 5.94. The molecule has 0 aliphatic heterocycles. The Balaban J connectivity index is 1.83. The Labute approximate surface area is 206 Å². The minimum atomic E-state index is -2.20. The third kappa shape index (κ3) is 7.71. The van der Waals surface area contributed by atoms with E-state index in [1.165, 1.54) is 16.7 Å². The van der Waals surface area contributed by atoms with Gasteiger partial charge in [-0.2, -0.15) is 0 Å². The summed E-state index contributed by atoms with van der Waals surface area (Å²) in [4.78, 5) is 35.7. The predicted molar refractivity (Wildman–Crippen MR) is 130 cm³/mol. The molecule has 2 aromatic rings. The second kappa shape index (κ2) is 12.7. The van der Waals surface area contributed by atoms with Gasteiger partial charge in [0.05, 0.1) is 20.6 Å². The molecule has 0 saturated heterocycles. The van der Waals surface area contributed by atoms with Crippen molar-refractivity contribution < 1.29 is 29.0 Å². The first-order valence-corrected chi connectivity index (χ1v) is 11.8. The van der Waals surface area contributed by atoms with Gasteiger partial charge in [-0.25, -0.2) is 4.79 Å². The van der Waals surface area contributed by atoms with Gasteiger partial charge in [-0.3, -0.25) is 9.59 Å². The van der Waals surface area contributed by atoms with Crippen molar-refractivity contribution in [3.8, 4) is 5.69 Å². The number of hydrogen-bond acceptors (Lipinski definition) is 6. The van der Waals surface area contributed by atoms with Crippen LogP contribution in [0.1, 0.15) is 61.6 Å². The van der Waals surface area contributed by atoms with E-state index in [-0.39, 0.29) is 12.2 Å². The maximum Gasteiger partial charge on any atom is 0.338 e. The molecule has 0 amide bonds. The number of methoxy groups -OCH3 is 2. The number of halogens is 1. The molecular formula is C26H34ClNO6. The first-order valence-electron chi connectivity index (χ1n) is 11.4. The third-order valence-electron chi connectivity index (χ3n) is 5.98. The maximum atomic E-state index is 12.3. The molecule has 0 spiro atoms. The molecule has 0 fully saturated rings. The number of esters is 2. The monoisotopic (exact) mass is 491 g/mol. The number of ketones is 1. The summed E-state index contributed by atoms with van der Waals surface area (Å²) in [7, 11) is 2.25. The predicted octanol–water partition coefficient (Wildman–Crippen LogP) is 4.67. The van der Waals surface area contributed by atoms with Gasteiger partial charge < -0.3 is 19.1 Å². The van der Waals surface area contributed by atoms with Gasteiger partial charge in [-0.1, -0.05) is 30.5 Å². The van der Waals surface area contributed by atoms with E-state index in [0.717, 1.165) is 45.6 Å². The average Bonchev–Trinajstić information content (AvgIpc) is 3.13. The largest absolute Gasteiger partial charge is 0.469 e. The first-order chi connectivity index (χ1) is 16.1. The highest BCUT2D eigenvalue weighted by Crippen LogP contribution is 2.25. The second-order valence-corrected chi connectivity index (χ2v) is 9.15. The number of unbranched alkanes of at least 4 members (excludes halogenated alkanes) is 3. The number of aryl methyl sites for hydroxylation is 3. The third-order valence-corrected chi connectivity index (χ3v) is 6.22. The van der Waals surface area contributed by atoms with Crippen molar-refractivity contribution in [2.45, 2.75) is 70.8 Å². The van der Waals surface area contributed by atoms with Gasteiger partial charge in [0, 0.05) is 35.9 Å². The molecule has 1 aromatic carbocycles. The van der Waals surface area contributed by atoms with Gasteiger partial charge in [0.25, 0.3) is 0 Å². The molecule has 1 atom stereocenters. The zero-order valence-electron chi connectivity index (χ0n) is 20.4. The smallest absolute Gasteiger partial charge is 0.338 e. The van der Waals surface area contributed by atoms with Crippen LogP contribution in [0.5, 0.6) is 0 Å². The highest BCUT2D eigenvalue weighted by atomic mass is 35.5. The number of aromatic nitrogens is 1. The number of carbonyl (C=O) groups excluding carboxylic acids is 3. The molecule has 2 rings (SSSR count). The average molecular weight is 492 g/mol. The maximum absolute atomic E-state index is 12.3. The number of carbonyl (C=O) groups is 3. The lowest BCUT2D eigenvalue weighted by molar-refractivity contribution is -0.171. The molecule has 34 heavy (non-hydrogen) atoms. The van der Waals surface area contributed by atoms with E-state index in [1.807, 2.05) is 12.1 Å². The Hall–Kier alpha value is -2.64. The van der Waals surface area contributed by atoms with E-state index < -0.39 is 30.4 Å². The number of rotatable bonds is 13. The highest BCUT2D eigenvalue weighted by Gasteiger charge is 2.41. The molecular weight excluding hydrogens is 458 g/mol. The first kappa shape index (κ1) is 27.6. The minimum Gasteiger partial charge on any atom is -0.469 e. The quantitative estimate of drug-likeness (QED) is 0.323. The highest BCUT2D eigenvalue weighted by molar-refractivity contribution is 6.30. The van der Waals surface area contributed by atoms with Crippen LogP contribution in [0.2, 0.25) is 5.02 Å². The van der Waals surface area contributed by atoms with Crippen molar-refractivity contribution in [2.24, 2.45) is 0 Å². The molecule has 186 valence electrons. The number of benzene rings is 1. The fraction of sp³-hybridized carbons (Fsp3) is 0.500. The van der Waals surface area contributed by atoms with Gasteiger partial charge >= 0.3 is 11.9 Å². The van der Waals surface area contributed by atoms with Gasteiger partial charge in [0.1, 0.15) is 5.78 Å². The zero-order chi connectivity index (χ0) is 25.3. The number of aliphatic hydroxyl groups is 1. The van der Waals surface area contributed by atoms with Gasteiger partial charge in [-0.15, -0.1) is 0 Å². The van der Waals surface area contributed by atoms with Crippen molar-refractivity contribution in [3.05, 3.63) is 52.3 Å². The van der Waals surface area contributed by atoms with Crippen molar-refractivity contribution in [1.82, 2.24) is 4.57 Å². The Bertz CT molecular complexity index is 995. The van der Waals surface area contributed by atoms with Crippen LogP contribution in [-0.2, 0) is 30.3 Å². The van der Waals surface area contributed by atoms with E-state index in [0.29, 0.717) is 11.4 Å². The number of hydrogen-bond donors (Lipinski definition) is 1. The Morgan fingerprint density at radius 3 is 2.24 bits per heavy atom. The fourth-order valence-electron chi connectivity index (χ4n) is 3.90. The molecule has 0 aliphatic carbocycles. The summed E-state index contributed by atoms with van der Waals surface area (Å²) in [5, 5.41) is 11.2. The van der Waals surface area contributed by atoms with Crippen LogP contribution in [-0.4, -0.2) is 47.2 Å². The molecule has 0 saturated carbocycles. The summed E-state index contributed by atoms with van der Waals surface area (Å²) in [6.45, 7) is 4.16. The zero-order valence-corrected chi connectivity index (χ0v) is 21.1. The summed E-state index contributed by atoms with van der Waals surface area (Å²) in [5.41, 5.74) is 2.54. The fourth-order valence-corrected chi connectivity index (χ4v) is 4.07. The molecule has 1 unspecified atom stereocenters. The number of Topliss-reactive ketones (excluding diaryl/α,β-unsaturated/α-hetero) is 1. The SMILES string of the molecule is COC(=O)CC(O)(CC(=O)CCCCCCc1ccc(Cl)cc1-n1cc(C)c(C)c1)C(=O)OC. The Morgan fingerprint density at radius 2 is 1.62 bits per heavy atom. The summed E-state index contributed by atoms with van der Waals surface area (Å²) in [6.07, 6.45) is 7.58. The van der Waals surface area contributed by atoms with E-state index in [4.69, 9.17) is 11.6 Å². The Morgan fingerprint density at radius 1 is 0.971 bits per heavy atom.